The Morgan fingerprint density at radius 2 is 2.31 bits per heavy atom. The summed E-state index contributed by atoms with van der Waals surface area (Å²) in [6.45, 7) is 0. The summed E-state index contributed by atoms with van der Waals surface area (Å²) in [4.78, 5) is 21.7. The molecule has 1 aromatic heterocycles. The minimum Gasteiger partial charge on any atom is -0.489 e. The van der Waals surface area contributed by atoms with Gasteiger partial charge in [-0.05, 0) is 15.9 Å². The molecule has 6 heteroatoms. The number of hydrogen-bond donors (Lipinski definition) is 1. The molecule has 0 saturated carbocycles. The maximum absolute atomic E-state index is 11.2. The molecule has 1 rings (SSSR count). The molecule has 0 aliphatic carbocycles. The Hall–Kier alpha value is -1.30. The van der Waals surface area contributed by atoms with Gasteiger partial charge in [0.15, 0.2) is 0 Å². The van der Waals surface area contributed by atoms with Crippen LogP contribution in [-0.4, -0.2) is 18.2 Å². The van der Waals surface area contributed by atoms with Crippen LogP contribution in [0.1, 0.15) is 10.6 Å². The third-order valence-corrected chi connectivity index (χ3v) is 1.86. The number of carboxylic acids is 1. The van der Waals surface area contributed by atoms with Crippen LogP contribution in [0.4, 0.5) is 0 Å². The molecule has 13 heavy (non-hydrogen) atoms. The summed E-state index contributed by atoms with van der Waals surface area (Å²) in [7, 11) is 1.20. The molecular formula is C7H5BrO5. The summed E-state index contributed by atoms with van der Waals surface area (Å²) in [5.41, 5.74) is -0.550. The Labute approximate surface area is 81.1 Å². The van der Waals surface area contributed by atoms with Crippen LogP contribution in [0.5, 0.6) is 5.75 Å². The zero-order chi connectivity index (χ0) is 10.0. The van der Waals surface area contributed by atoms with Crippen LogP contribution >= 0.6 is 15.9 Å². The maximum atomic E-state index is 11.2. The first-order chi connectivity index (χ1) is 6.07. The highest BCUT2D eigenvalue weighted by molar-refractivity contribution is 9.10. The molecular weight excluding hydrogens is 244 g/mol. The molecule has 0 saturated heterocycles. The van der Waals surface area contributed by atoms with E-state index in [9.17, 15) is 9.59 Å². The van der Waals surface area contributed by atoms with Gasteiger partial charge < -0.3 is 14.3 Å². The Morgan fingerprint density at radius 1 is 1.69 bits per heavy atom. The lowest BCUT2D eigenvalue weighted by atomic mass is 10.3. The molecule has 1 aromatic rings. The van der Waals surface area contributed by atoms with Crippen molar-refractivity contribution in [2.45, 2.75) is 0 Å². The average Bonchev–Trinajstić information content (AvgIpc) is 2.09. The predicted octanol–water partition coefficient (Wildman–Crippen LogP) is 1.11. The van der Waals surface area contributed by atoms with Gasteiger partial charge in [-0.1, -0.05) is 0 Å². The van der Waals surface area contributed by atoms with Gasteiger partial charge >= 0.3 is 5.97 Å². The number of methoxy groups -OCH3 is 1. The van der Waals surface area contributed by atoms with Crippen molar-refractivity contribution in [3.05, 3.63) is 26.7 Å². The van der Waals surface area contributed by atoms with Crippen molar-refractivity contribution in [1.29, 1.82) is 0 Å². The first kappa shape index (κ1) is 9.79. The zero-order valence-electron chi connectivity index (χ0n) is 6.54. The van der Waals surface area contributed by atoms with E-state index in [1.165, 1.54) is 7.11 Å². The summed E-state index contributed by atoms with van der Waals surface area (Å²) >= 11 is 2.89. The van der Waals surface area contributed by atoms with Crippen LogP contribution in [-0.2, 0) is 0 Å². The highest BCUT2D eigenvalue weighted by Gasteiger charge is 2.18. The molecule has 0 radical (unpaired) electrons. The first-order valence-electron chi connectivity index (χ1n) is 3.16. The molecule has 0 aliphatic rings. The van der Waals surface area contributed by atoms with Crippen molar-refractivity contribution < 1.29 is 19.1 Å². The second kappa shape index (κ2) is 3.61. The van der Waals surface area contributed by atoms with Gasteiger partial charge in [-0.2, -0.15) is 0 Å². The minimum absolute atomic E-state index is 0.120. The fourth-order valence-electron chi connectivity index (χ4n) is 0.762. The fourth-order valence-corrected chi connectivity index (χ4v) is 1.04. The molecule has 0 bridgehead atoms. The molecule has 5 nitrogen and oxygen atoms in total. The molecule has 0 amide bonds. The Morgan fingerprint density at radius 3 is 2.77 bits per heavy atom. The molecule has 70 valence electrons. The van der Waals surface area contributed by atoms with Crippen molar-refractivity contribution >= 4 is 21.9 Å². The predicted molar refractivity (Wildman–Crippen MR) is 46.2 cm³/mol. The van der Waals surface area contributed by atoms with Crippen LogP contribution in [0.2, 0.25) is 0 Å². The smallest absolute Gasteiger partial charge is 0.375 e. The van der Waals surface area contributed by atoms with E-state index in [1.807, 2.05) is 0 Å². The fraction of sp³-hybridized carbons (Fsp3) is 0.143. The molecule has 0 atom stereocenters. The second-order valence-corrected chi connectivity index (χ2v) is 2.93. The SMILES string of the molecule is COc1c(C(=O)O)occ(Br)c1=O. The van der Waals surface area contributed by atoms with Crippen LogP contribution in [0.15, 0.2) is 19.9 Å². The molecule has 0 aliphatic heterocycles. The monoisotopic (exact) mass is 248 g/mol. The Balaban J connectivity index is 3.48. The van der Waals surface area contributed by atoms with Crippen LogP contribution in [0, 0.1) is 0 Å². The summed E-state index contributed by atoms with van der Waals surface area (Å²) in [5.74, 6) is -2.17. The second-order valence-electron chi connectivity index (χ2n) is 2.08. The minimum atomic E-state index is -1.35. The van der Waals surface area contributed by atoms with Crippen LogP contribution in [0.25, 0.3) is 0 Å². The zero-order valence-corrected chi connectivity index (χ0v) is 8.12. The van der Waals surface area contributed by atoms with Crippen molar-refractivity contribution in [3.8, 4) is 5.75 Å². The van der Waals surface area contributed by atoms with E-state index in [0.717, 1.165) is 6.26 Å². The summed E-state index contributed by atoms with van der Waals surface area (Å²) in [6.07, 6.45) is 1.01. The summed E-state index contributed by atoms with van der Waals surface area (Å²) < 4.78 is 9.37. The van der Waals surface area contributed by atoms with E-state index in [-0.39, 0.29) is 10.2 Å². The third-order valence-electron chi connectivity index (χ3n) is 1.31. The molecule has 1 heterocycles. The van der Waals surface area contributed by atoms with Gasteiger partial charge in [0.2, 0.25) is 11.2 Å². The van der Waals surface area contributed by atoms with Gasteiger partial charge in [-0.25, -0.2) is 4.79 Å². The lowest BCUT2D eigenvalue weighted by Gasteiger charge is -2.01. The van der Waals surface area contributed by atoms with Crippen LogP contribution in [0.3, 0.4) is 0 Å². The van der Waals surface area contributed by atoms with Gasteiger partial charge in [0.05, 0.1) is 7.11 Å². The first-order valence-corrected chi connectivity index (χ1v) is 3.95. The molecule has 0 fully saturated rings. The highest BCUT2D eigenvalue weighted by atomic mass is 79.9. The topological polar surface area (TPSA) is 76.7 Å². The van der Waals surface area contributed by atoms with Gasteiger partial charge in [0.1, 0.15) is 10.7 Å². The number of rotatable bonds is 2. The third kappa shape index (κ3) is 1.72. The van der Waals surface area contributed by atoms with E-state index in [1.54, 1.807) is 0 Å². The number of ether oxygens (including phenoxy) is 1. The highest BCUT2D eigenvalue weighted by Crippen LogP contribution is 2.16. The van der Waals surface area contributed by atoms with Gasteiger partial charge in [0, 0.05) is 0 Å². The van der Waals surface area contributed by atoms with E-state index in [0.29, 0.717) is 0 Å². The van der Waals surface area contributed by atoms with Gasteiger partial charge in [0.25, 0.3) is 5.76 Å². The molecule has 1 N–H and O–H groups in total. The van der Waals surface area contributed by atoms with Crippen molar-refractivity contribution in [1.82, 2.24) is 0 Å². The largest absolute Gasteiger partial charge is 0.489 e. The number of hydrogen-bond acceptors (Lipinski definition) is 4. The normalized spacial score (nSPS) is 9.69. The van der Waals surface area contributed by atoms with E-state index >= 15 is 0 Å². The standard InChI is InChI=1S/C7H5BrO5/c1-12-5-4(9)3(8)2-13-6(5)7(10)11/h2H,1H3,(H,10,11). The number of aromatic carboxylic acids is 1. The quantitative estimate of drug-likeness (QED) is 0.849. The number of carbonyl (C=O) groups is 1. The number of carboxylic acid groups (broad SMARTS) is 1. The average molecular weight is 249 g/mol. The van der Waals surface area contributed by atoms with Crippen molar-refractivity contribution in [2.75, 3.05) is 7.11 Å². The molecule has 0 unspecified atom stereocenters. The van der Waals surface area contributed by atoms with Crippen molar-refractivity contribution in [2.24, 2.45) is 0 Å². The lowest BCUT2D eigenvalue weighted by molar-refractivity contribution is 0.0653. The number of halogens is 1. The van der Waals surface area contributed by atoms with Crippen LogP contribution < -0.4 is 10.2 Å². The molecule has 0 aromatic carbocycles. The van der Waals surface area contributed by atoms with E-state index in [2.05, 4.69) is 25.1 Å². The Kier molecular flexibility index (Phi) is 2.72. The maximum Gasteiger partial charge on any atom is 0.375 e. The van der Waals surface area contributed by atoms with Gasteiger partial charge in [-0.3, -0.25) is 4.79 Å². The molecule has 0 spiro atoms. The summed E-state index contributed by atoms with van der Waals surface area (Å²) in [6, 6.07) is 0. The summed E-state index contributed by atoms with van der Waals surface area (Å²) in [5, 5.41) is 8.58. The van der Waals surface area contributed by atoms with Crippen molar-refractivity contribution in [3.63, 3.8) is 0 Å². The van der Waals surface area contributed by atoms with E-state index in [4.69, 9.17) is 5.11 Å². The Bertz CT molecular complexity index is 394. The van der Waals surface area contributed by atoms with E-state index < -0.39 is 17.2 Å². The van der Waals surface area contributed by atoms with Gasteiger partial charge in [-0.15, -0.1) is 0 Å². The lowest BCUT2D eigenvalue weighted by Crippen LogP contribution is -2.12.